The molecule has 4 N–H and O–H groups in total. The molecule has 0 amide bonds. The second-order valence-corrected chi connectivity index (χ2v) is 12.6. The number of rotatable bonds is 0. The molecule has 0 fully saturated rings. The molecule has 1 aromatic carbocycles. The number of alkyl halides is 12. The average molecular weight is 883 g/mol. The van der Waals surface area contributed by atoms with E-state index in [-0.39, 0.29) is 19.5 Å². The van der Waals surface area contributed by atoms with Gasteiger partial charge >= 0.3 is 62.5 Å². The molecule has 0 saturated carbocycles. The van der Waals surface area contributed by atoms with E-state index < -0.39 is 62.5 Å². The van der Waals surface area contributed by atoms with Crippen molar-refractivity contribution in [2.24, 2.45) is 0 Å². The maximum atomic E-state index is 10.7. The quantitative estimate of drug-likeness (QED) is 0.0807. The van der Waals surface area contributed by atoms with Gasteiger partial charge in [-0.3, -0.25) is 28.2 Å². The molecule has 14 nitrogen and oxygen atoms in total. The molecule has 0 saturated heterocycles. The average Bonchev–Trinajstić information content (AvgIpc) is 2.80. The van der Waals surface area contributed by atoms with E-state index in [2.05, 4.69) is 34.2 Å². The molecule has 0 aliphatic heterocycles. The maximum absolute atomic E-state index is 10.7. The summed E-state index contributed by atoms with van der Waals surface area (Å²) in [5.74, 6) is 0. The smallest absolute Gasteiger partial charge is 0.279 e. The van der Waals surface area contributed by atoms with Gasteiger partial charge in [0.15, 0.2) is 0 Å². The van der Waals surface area contributed by atoms with Crippen molar-refractivity contribution in [2.45, 2.75) is 22.0 Å². The standard InChI is InChI=1S/C12H8N2.4CHF3O3S.Rh/c1-3-9-5-6-10-4-2-8-14-12(10)11(9)13-7-1;4*2-1(3,4)8(5,6)7;/h1-8H;4*(H,5,6,7);. The van der Waals surface area contributed by atoms with Crippen molar-refractivity contribution in [3.63, 3.8) is 0 Å². The van der Waals surface area contributed by atoms with Crippen LogP contribution >= 0.6 is 0 Å². The molecule has 0 aliphatic rings. The molecule has 0 bridgehead atoms. The summed E-state index contributed by atoms with van der Waals surface area (Å²) in [6, 6.07) is 12.1. The van der Waals surface area contributed by atoms with Gasteiger partial charge in [0.25, 0.3) is 0 Å². The molecule has 275 valence electrons. The Morgan fingerprint density at radius 2 is 0.596 bits per heavy atom. The van der Waals surface area contributed by atoms with E-state index in [9.17, 15) is 52.7 Å². The molecule has 0 unspecified atom stereocenters. The van der Waals surface area contributed by atoms with Crippen molar-refractivity contribution < 1.29 is 124 Å². The molecular weight excluding hydrogens is 871 g/mol. The number of fused-ring (bicyclic) bond motifs is 3. The summed E-state index contributed by atoms with van der Waals surface area (Å²) in [7, 11) is -23.4. The van der Waals surface area contributed by atoms with Crippen LogP contribution in [-0.2, 0) is 60.0 Å². The predicted molar refractivity (Wildman–Crippen MR) is 127 cm³/mol. The monoisotopic (exact) mass is 883 g/mol. The third-order valence-corrected chi connectivity index (χ3v) is 5.85. The second kappa shape index (κ2) is 17.2. The summed E-state index contributed by atoms with van der Waals surface area (Å²) < 4.78 is 230. The zero-order chi connectivity index (χ0) is 37.4. The first-order chi connectivity index (χ1) is 19.9. The van der Waals surface area contributed by atoms with Gasteiger partial charge in [-0.2, -0.15) is 86.4 Å². The van der Waals surface area contributed by atoms with Crippen LogP contribution in [0.1, 0.15) is 0 Å². The Hall–Kier alpha value is -2.54. The molecular formula is C16H12F12N2O12RhS4. The topological polar surface area (TPSA) is 243 Å². The van der Waals surface area contributed by atoms with Crippen molar-refractivity contribution in [1.82, 2.24) is 9.97 Å². The number of aromatic nitrogens is 2. The number of nitrogens with zero attached hydrogens (tertiary/aromatic N) is 2. The summed E-state index contributed by atoms with van der Waals surface area (Å²) >= 11 is 0. The Kier molecular flexibility index (Phi) is 17.9. The zero-order valence-electron chi connectivity index (χ0n) is 21.1. The van der Waals surface area contributed by atoms with Crippen LogP contribution in [0, 0.1) is 0 Å². The Balaban J connectivity index is -0.000000529. The molecule has 3 rings (SSSR count). The van der Waals surface area contributed by atoms with Gasteiger partial charge in [-0.15, -0.1) is 0 Å². The first-order valence-corrected chi connectivity index (χ1v) is 15.4. The fraction of sp³-hybridized carbons (Fsp3) is 0.250. The van der Waals surface area contributed by atoms with Crippen molar-refractivity contribution >= 4 is 62.3 Å². The number of hydrogen-bond acceptors (Lipinski definition) is 10. The van der Waals surface area contributed by atoms with Crippen molar-refractivity contribution in [1.29, 1.82) is 0 Å². The van der Waals surface area contributed by atoms with Gasteiger partial charge < -0.3 is 0 Å². The number of hydrogen-bond donors (Lipinski definition) is 4. The van der Waals surface area contributed by atoms with E-state index in [0.717, 1.165) is 21.8 Å². The Labute approximate surface area is 266 Å². The van der Waals surface area contributed by atoms with Crippen LogP contribution in [0.25, 0.3) is 21.8 Å². The normalized spacial score (nSPS) is 12.8. The van der Waals surface area contributed by atoms with E-state index >= 15 is 0 Å². The number of benzene rings is 1. The van der Waals surface area contributed by atoms with Crippen LogP contribution in [0.5, 0.6) is 0 Å². The van der Waals surface area contributed by atoms with Gasteiger partial charge in [0.2, 0.25) is 0 Å². The summed E-state index contributed by atoms with van der Waals surface area (Å²) in [6.07, 6.45) is 3.60. The third kappa shape index (κ3) is 18.0. The molecule has 0 atom stereocenters. The summed E-state index contributed by atoms with van der Waals surface area (Å²) in [5.41, 5.74) is -20.2. The van der Waals surface area contributed by atoms with E-state index in [1.165, 1.54) is 0 Å². The van der Waals surface area contributed by atoms with Gasteiger partial charge in [0, 0.05) is 42.6 Å². The summed E-state index contributed by atoms with van der Waals surface area (Å²) in [5, 5.41) is 2.28. The third-order valence-electron chi connectivity index (χ3n) is 3.51. The minimum Gasteiger partial charge on any atom is -0.279 e. The summed E-state index contributed by atoms with van der Waals surface area (Å²) in [4.78, 5) is 8.69. The van der Waals surface area contributed by atoms with Crippen LogP contribution in [0.15, 0.2) is 48.8 Å². The SMILES string of the molecule is O=S(=O)(O)C(F)(F)F.O=S(=O)(O)C(F)(F)F.O=S(=O)(O)C(F)(F)F.O=S(=O)(O)C(F)(F)F.[Rh].c1cnc2c(c1)ccc1cccnc12. The Morgan fingerprint density at radius 1 is 0.426 bits per heavy atom. The first kappa shape index (κ1) is 48.9. The van der Waals surface area contributed by atoms with Crippen LogP contribution in [0.2, 0.25) is 0 Å². The van der Waals surface area contributed by atoms with Gasteiger partial charge in [-0.05, 0) is 12.1 Å². The van der Waals surface area contributed by atoms with Gasteiger partial charge in [-0.25, -0.2) is 0 Å². The predicted octanol–water partition coefficient (Wildman–Crippen LogP) is 4.36. The fourth-order valence-corrected chi connectivity index (χ4v) is 1.68. The van der Waals surface area contributed by atoms with Crippen LogP contribution in [0.3, 0.4) is 0 Å². The van der Waals surface area contributed by atoms with Gasteiger partial charge in [0.1, 0.15) is 0 Å². The molecule has 0 spiro atoms. The van der Waals surface area contributed by atoms with Gasteiger partial charge in [0.05, 0.1) is 11.0 Å². The zero-order valence-corrected chi connectivity index (χ0v) is 26.0. The molecule has 0 aliphatic carbocycles. The van der Waals surface area contributed by atoms with Crippen LogP contribution in [-0.4, -0.2) is 83.9 Å². The Bertz CT molecular complexity index is 1670. The van der Waals surface area contributed by atoms with E-state index in [1.54, 1.807) is 12.4 Å². The number of halogens is 12. The second-order valence-electron chi connectivity index (χ2n) is 6.90. The van der Waals surface area contributed by atoms with Gasteiger partial charge in [-0.1, -0.05) is 24.3 Å². The minimum atomic E-state index is -5.84. The molecule has 2 heterocycles. The fourth-order valence-electron chi connectivity index (χ4n) is 1.68. The Morgan fingerprint density at radius 3 is 0.745 bits per heavy atom. The maximum Gasteiger partial charge on any atom is 0.522 e. The summed E-state index contributed by atoms with van der Waals surface area (Å²) in [6.45, 7) is 0. The van der Waals surface area contributed by atoms with E-state index in [1.807, 2.05) is 12.1 Å². The molecule has 1 radical (unpaired) electrons. The molecule has 31 heteroatoms. The van der Waals surface area contributed by atoms with E-state index in [0.29, 0.717) is 0 Å². The molecule has 3 aromatic rings. The van der Waals surface area contributed by atoms with E-state index in [4.69, 9.17) is 51.9 Å². The van der Waals surface area contributed by atoms with Crippen LogP contribution < -0.4 is 0 Å². The molecule has 2 aromatic heterocycles. The van der Waals surface area contributed by atoms with Crippen molar-refractivity contribution in [2.75, 3.05) is 0 Å². The number of pyridine rings is 2. The molecule has 47 heavy (non-hydrogen) atoms. The van der Waals surface area contributed by atoms with Crippen molar-refractivity contribution in [3.05, 3.63) is 48.8 Å². The minimum absolute atomic E-state index is 0. The van der Waals surface area contributed by atoms with Crippen LogP contribution in [0.4, 0.5) is 52.7 Å². The first-order valence-electron chi connectivity index (χ1n) is 9.68. The largest absolute Gasteiger partial charge is 0.522 e. The van der Waals surface area contributed by atoms with Crippen molar-refractivity contribution in [3.8, 4) is 0 Å².